The van der Waals surface area contributed by atoms with Crippen molar-refractivity contribution in [2.75, 3.05) is 26.7 Å². The van der Waals surface area contributed by atoms with E-state index >= 15 is 0 Å². The van der Waals surface area contributed by atoms with Crippen LogP contribution < -0.4 is 4.74 Å². The van der Waals surface area contributed by atoms with Crippen LogP contribution >= 0.6 is 0 Å². The molecule has 0 unspecified atom stereocenters. The summed E-state index contributed by atoms with van der Waals surface area (Å²) in [5.41, 5.74) is 2.77. The number of rotatable bonds is 5. The second-order valence-electron chi connectivity index (χ2n) is 6.74. The molecule has 1 fully saturated rings. The van der Waals surface area contributed by atoms with Gasteiger partial charge in [-0.05, 0) is 43.1 Å². The summed E-state index contributed by atoms with van der Waals surface area (Å²) in [6.45, 7) is 7.90. The fraction of sp³-hybridized carbons (Fsp3) is 0.429. The van der Waals surface area contributed by atoms with E-state index in [4.69, 9.17) is 4.74 Å². The van der Waals surface area contributed by atoms with Crippen LogP contribution in [0.15, 0.2) is 54.6 Å². The van der Waals surface area contributed by atoms with Gasteiger partial charge in [0.2, 0.25) is 0 Å². The van der Waals surface area contributed by atoms with Crippen molar-refractivity contribution in [1.82, 2.24) is 9.80 Å². The predicted molar refractivity (Wildman–Crippen MR) is 99.2 cm³/mol. The van der Waals surface area contributed by atoms with Gasteiger partial charge in [-0.15, -0.1) is 0 Å². The molecule has 0 aromatic heterocycles. The molecule has 2 aromatic rings. The van der Waals surface area contributed by atoms with E-state index in [0.29, 0.717) is 6.04 Å². The van der Waals surface area contributed by atoms with Crippen LogP contribution in [0.5, 0.6) is 5.75 Å². The van der Waals surface area contributed by atoms with Gasteiger partial charge in [0, 0.05) is 32.2 Å². The van der Waals surface area contributed by atoms with Crippen molar-refractivity contribution in [2.45, 2.75) is 32.5 Å². The minimum atomic E-state index is 0.575. The Labute approximate surface area is 145 Å². The van der Waals surface area contributed by atoms with Gasteiger partial charge in [0.15, 0.2) is 0 Å². The third kappa shape index (κ3) is 4.59. The molecule has 3 rings (SSSR count). The van der Waals surface area contributed by atoms with E-state index in [1.807, 2.05) is 0 Å². The lowest BCUT2D eigenvalue weighted by Crippen LogP contribution is -2.38. The van der Waals surface area contributed by atoms with Crippen molar-refractivity contribution in [3.05, 3.63) is 65.7 Å². The predicted octanol–water partition coefficient (Wildman–Crippen LogP) is 3.79. The van der Waals surface area contributed by atoms with Crippen LogP contribution in [0.2, 0.25) is 0 Å². The molecule has 0 saturated carbocycles. The van der Waals surface area contributed by atoms with Crippen LogP contribution in [0.3, 0.4) is 0 Å². The summed E-state index contributed by atoms with van der Waals surface area (Å²) in [7, 11) is 1.72. The largest absolute Gasteiger partial charge is 0.497 e. The van der Waals surface area contributed by atoms with Gasteiger partial charge in [-0.1, -0.05) is 42.5 Å². The fourth-order valence-electron chi connectivity index (χ4n) is 3.48. The Balaban J connectivity index is 1.58. The standard InChI is InChI=1S/C21H28N2O/c1-18-15-22(16-20-9-11-21(24-2)12-10-20)13-6-14-23(18)17-19-7-4-3-5-8-19/h3-5,7-12,18H,6,13-17H2,1-2H3/t18-/m0/s1. The van der Waals surface area contributed by atoms with E-state index < -0.39 is 0 Å². The molecule has 3 heteroatoms. The summed E-state index contributed by atoms with van der Waals surface area (Å²) in [5.74, 6) is 0.928. The number of nitrogens with zero attached hydrogens (tertiary/aromatic N) is 2. The minimum absolute atomic E-state index is 0.575. The zero-order valence-corrected chi connectivity index (χ0v) is 14.8. The van der Waals surface area contributed by atoms with Crippen molar-refractivity contribution in [1.29, 1.82) is 0 Å². The molecule has 1 aliphatic rings. The lowest BCUT2D eigenvalue weighted by Gasteiger charge is -2.29. The first-order valence-corrected chi connectivity index (χ1v) is 8.88. The topological polar surface area (TPSA) is 15.7 Å². The molecule has 3 nitrogen and oxygen atoms in total. The van der Waals surface area contributed by atoms with Gasteiger partial charge in [0.1, 0.15) is 5.75 Å². The lowest BCUT2D eigenvalue weighted by atomic mass is 10.1. The number of hydrogen-bond acceptors (Lipinski definition) is 3. The van der Waals surface area contributed by atoms with Crippen molar-refractivity contribution < 1.29 is 4.74 Å². The van der Waals surface area contributed by atoms with Crippen LogP contribution in [0.4, 0.5) is 0 Å². The summed E-state index contributed by atoms with van der Waals surface area (Å²) in [4.78, 5) is 5.20. The molecule has 1 atom stereocenters. The molecule has 0 bridgehead atoms. The molecule has 0 radical (unpaired) electrons. The van der Waals surface area contributed by atoms with Gasteiger partial charge >= 0.3 is 0 Å². The van der Waals surface area contributed by atoms with Gasteiger partial charge in [-0.3, -0.25) is 9.80 Å². The highest BCUT2D eigenvalue weighted by Gasteiger charge is 2.21. The van der Waals surface area contributed by atoms with Crippen molar-refractivity contribution in [3.8, 4) is 5.75 Å². The van der Waals surface area contributed by atoms with Gasteiger partial charge in [0.05, 0.1) is 7.11 Å². The van der Waals surface area contributed by atoms with Gasteiger partial charge in [-0.25, -0.2) is 0 Å². The zero-order valence-electron chi connectivity index (χ0n) is 14.8. The van der Waals surface area contributed by atoms with Gasteiger partial charge < -0.3 is 4.74 Å². The lowest BCUT2D eigenvalue weighted by molar-refractivity contribution is 0.181. The Morgan fingerprint density at radius 3 is 2.33 bits per heavy atom. The van der Waals surface area contributed by atoms with E-state index in [9.17, 15) is 0 Å². The van der Waals surface area contributed by atoms with Crippen LogP contribution in [0.25, 0.3) is 0 Å². The molecule has 1 heterocycles. The van der Waals surface area contributed by atoms with Crippen molar-refractivity contribution in [2.24, 2.45) is 0 Å². The van der Waals surface area contributed by atoms with Gasteiger partial charge in [-0.2, -0.15) is 0 Å². The average Bonchev–Trinajstić information content (AvgIpc) is 2.78. The highest BCUT2D eigenvalue weighted by Crippen LogP contribution is 2.17. The third-order valence-electron chi connectivity index (χ3n) is 4.86. The molecular formula is C21H28N2O. The Morgan fingerprint density at radius 1 is 0.917 bits per heavy atom. The average molecular weight is 324 g/mol. The number of benzene rings is 2. The quantitative estimate of drug-likeness (QED) is 0.832. The Morgan fingerprint density at radius 2 is 1.62 bits per heavy atom. The SMILES string of the molecule is COc1ccc(CN2CCCN(Cc3ccccc3)[C@@H](C)C2)cc1. The van der Waals surface area contributed by atoms with Gasteiger partial charge in [0.25, 0.3) is 0 Å². The molecule has 128 valence electrons. The summed E-state index contributed by atoms with van der Waals surface area (Å²) in [6.07, 6.45) is 1.23. The number of methoxy groups -OCH3 is 1. The number of ether oxygens (including phenoxy) is 1. The van der Waals surface area contributed by atoms with Crippen molar-refractivity contribution >= 4 is 0 Å². The molecular weight excluding hydrogens is 296 g/mol. The van der Waals surface area contributed by atoms with Crippen LogP contribution in [0, 0.1) is 0 Å². The van der Waals surface area contributed by atoms with E-state index in [-0.39, 0.29) is 0 Å². The highest BCUT2D eigenvalue weighted by molar-refractivity contribution is 5.27. The first-order chi connectivity index (χ1) is 11.7. The molecule has 0 amide bonds. The summed E-state index contributed by atoms with van der Waals surface area (Å²) in [5, 5.41) is 0. The summed E-state index contributed by atoms with van der Waals surface area (Å²) < 4.78 is 5.25. The second-order valence-corrected chi connectivity index (χ2v) is 6.74. The smallest absolute Gasteiger partial charge is 0.118 e. The summed E-state index contributed by atoms with van der Waals surface area (Å²) in [6, 6.07) is 19.8. The van der Waals surface area contributed by atoms with Crippen LogP contribution in [0.1, 0.15) is 24.5 Å². The second kappa shape index (κ2) is 8.32. The Bertz CT molecular complexity index is 611. The number of hydrogen-bond donors (Lipinski definition) is 0. The molecule has 0 spiro atoms. The molecule has 24 heavy (non-hydrogen) atoms. The first kappa shape index (κ1) is 17.0. The maximum Gasteiger partial charge on any atom is 0.118 e. The molecule has 0 aliphatic carbocycles. The first-order valence-electron chi connectivity index (χ1n) is 8.88. The Hall–Kier alpha value is -1.84. The normalized spacial score (nSPS) is 19.8. The monoisotopic (exact) mass is 324 g/mol. The van der Waals surface area contributed by atoms with E-state index in [1.165, 1.54) is 30.6 Å². The van der Waals surface area contributed by atoms with Crippen LogP contribution in [-0.4, -0.2) is 42.6 Å². The maximum atomic E-state index is 5.25. The third-order valence-corrected chi connectivity index (χ3v) is 4.86. The van der Waals surface area contributed by atoms with E-state index in [0.717, 1.165) is 25.4 Å². The molecule has 1 saturated heterocycles. The zero-order chi connectivity index (χ0) is 16.8. The Kier molecular flexibility index (Phi) is 5.89. The molecule has 1 aliphatic heterocycles. The van der Waals surface area contributed by atoms with E-state index in [2.05, 4.69) is 71.3 Å². The molecule has 2 aromatic carbocycles. The maximum absolute atomic E-state index is 5.25. The molecule has 0 N–H and O–H groups in total. The summed E-state index contributed by atoms with van der Waals surface area (Å²) >= 11 is 0. The van der Waals surface area contributed by atoms with Crippen molar-refractivity contribution in [3.63, 3.8) is 0 Å². The van der Waals surface area contributed by atoms with E-state index in [1.54, 1.807) is 7.11 Å². The van der Waals surface area contributed by atoms with Crippen LogP contribution in [-0.2, 0) is 13.1 Å². The highest BCUT2D eigenvalue weighted by atomic mass is 16.5. The fourth-order valence-corrected chi connectivity index (χ4v) is 3.48. The minimum Gasteiger partial charge on any atom is -0.497 e.